The van der Waals surface area contributed by atoms with Crippen LogP contribution in [0.2, 0.25) is 0 Å². The highest BCUT2D eigenvalue weighted by molar-refractivity contribution is 5.75. The van der Waals surface area contributed by atoms with E-state index in [0.29, 0.717) is 5.56 Å². The first-order chi connectivity index (χ1) is 13.5. The summed E-state index contributed by atoms with van der Waals surface area (Å²) < 4.78 is 31.7. The topological polar surface area (TPSA) is 13.1 Å². The molecule has 0 saturated heterocycles. The lowest BCUT2D eigenvalue weighted by atomic mass is 9.72. The maximum absolute atomic E-state index is 7.82. The summed E-state index contributed by atoms with van der Waals surface area (Å²) in [7, 11) is 1.91. The van der Waals surface area contributed by atoms with Gasteiger partial charge in [-0.05, 0) is 44.0 Å². The molecular weight excluding hydrogens is 318 g/mol. The van der Waals surface area contributed by atoms with E-state index in [9.17, 15) is 0 Å². The number of ether oxygens (including phenoxy) is 1. The third-order valence-electron chi connectivity index (χ3n) is 5.52. The Morgan fingerprint density at radius 2 is 1.73 bits per heavy atom. The number of rotatable bonds is 1. The quantitative estimate of drug-likeness (QED) is 0.527. The second-order valence-electron chi connectivity index (χ2n) is 7.72. The van der Waals surface area contributed by atoms with E-state index in [-0.39, 0.29) is 5.41 Å². The highest BCUT2D eigenvalue weighted by Crippen LogP contribution is 2.51. The number of hydrogen-bond donors (Lipinski definition) is 0. The Kier molecular flexibility index (Phi) is 2.98. The van der Waals surface area contributed by atoms with Crippen molar-refractivity contribution in [1.29, 1.82) is 0 Å². The average Bonchev–Trinajstić information content (AvgIpc) is 2.63. The van der Waals surface area contributed by atoms with Crippen LogP contribution in [0.25, 0.3) is 11.3 Å². The van der Waals surface area contributed by atoms with E-state index in [2.05, 4.69) is 32.9 Å². The molecule has 3 aromatic rings. The van der Waals surface area contributed by atoms with Crippen LogP contribution in [0.5, 0.6) is 11.5 Å². The lowest BCUT2D eigenvalue weighted by Crippen LogP contribution is -2.34. The lowest BCUT2D eigenvalue weighted by molar-refractivity contribution is -0.660. The van der Waals surface area contributed by atoms with Crippen LogP contribution in [0, 0.1) is 20.7 Å². The standard InChI is InChI=1S/C24H26NO/c1-15-11-12-21-23(22(15)19-13-16(2)17(3)14-25(19)6)24(4,5)18-9-7-8-10-20(18)26-21/h7-14H,1-6H3/q+1/i3D3. The van der Waals surface area contributed by atoms with Gasteiger partial charge in [-0.25, -0.2) is 4.57 Å². The second-order valence-corrected chi connectivity index (χ2v) is 7.72. The number of hydrogen-bond acceptors (Lipinski definition) is 1. The molecule has 0 bridgehead atoms. The first-order valence-corrected chi connectivity index (χ1v) is 8.94. The molecule has 1 aromatic heterocycles. The molecule has 0 N–H and O–H groups in total. The number of nitrogens with zero attached hydrogens (tertiary/aromatic N) is 1. The molecule has 0 radical (unpaired) electrons. The third kappa shape index (κ3) is 2.36. The van der Waals surface area contributed by atoms with Gasteiger partial charge in [0.1, 0.15) is 18.5 Å². The maximum Gasteiger partial charge on any atom is 0.213 e. The minimum absolute atomic E-state index is 0.255. The first-order valence-electron chi connectivity index (χ1n) is 10.4. The molecule has 2 heterocycles. The van der Waals surface area contributed by atoms with Crippen LogP contribution in [0.4, 0.5) is 0 Å². The van der Waals surface area contributed by atoms with E-state index >= 15 is 0 Å². The van der Waals surface area contributed by atoms with Crippen molar-refractivity contribution in [2.24, 2.45) is 7.05 Å². The van der Waals surface area contributed by atoms with Gasteiger partial charge in [0.05, 0.1) is 5.56 Å². The van der Waals surface area contributed by atoms with Crippen LogP contribution in [-0.4, -0.2) is 0 Å². The van der Waals surface area contributed by atoms with Gasteiger partial charge in [-0.1, -0.05) is 38.1 Å². The van der Waals surface area contributed by atoms with Gasteiger partial charge in [-0.2, -0.15) is 0 Å². The first kappa shape index (κ1) is 13.6. The van der Waals surface area contributed by atoms with Gasteiger partial charge in [0.2, 0.25) is 5.69 Å². The highest BCUT2D eigenvalue weighted by Gasteiger charge is 2.38. The Labute approximate surface area is 160 Å². The van der Waals surface area contributed by atoms with E-state index < -0.39 is 6.85 Å². The Morgan fingerprint density at radius 1 is 0.962 bits per heavy atom. The molecule has 2 heteroatoms. The zero-order valence-electron chi connectivity index (χ0n) is 19.0. The van der Waals surface area contributed by atoms with Gasteiger partial charge < -0.3 is 4.74 Å². The molecule has 0 amide bonds. The van der Waals surface area contributed by atoms with Gasteiger partial charge in [0.25, 0.3) is 0 Å². The van der Waals surface area contributed by atoms with E-state index in [0.717, 1.165) is 45.0 Å². The predicted octanol–water partition coefficient (Wildman–Crippen LogP) is 5.53. The SMILES string of the molecule is [2H]C([2H])([2H])c1c[n+](C)c(-c2c(C)ccc3c2C(C)(C)c2ccccc2O3)cc1C. The van der Waals surface area contributed by atoms with Crippen LogP contribution in [0.3, 0.4) is 0 Å². The molecule has 0 fully saturated rings. The van der Waals surface area contributed by atoms with Crippen LogP contribution in [-0.2, 0) is 12.5 Å². The van der Waals surface area contributed by atoms with Crippen LogP contribution in [0.15, 0.2) is 48.7 Å². The zero-order valence-corrected chi connectivity index (χ0v) is 16.0. The van der Waals surface area contributed by atoms with Crippen LogP contribution >= 0.6 is 0 Å². The van der Waals surface area contributed by atoms with Crippen molar-refractivity contribution in [3.05, 3.63) is 76.5 Å². The monoisotopic (exact) mass is 347 g/mol. The molecule has 132 valence electrons. The average molecular weight is 347 g/mol. The summed E-state index contributed by atoms with van der Waals surface area (Å²) in [4.78, 5) is 0. The molecule has 0 saturated carbocycles. The highest BCUT2D eigenvalue weighted by atomic mass is 16.5. The number of fused-ring (bicyclic) bond motifs is 2. The number of para-hydroxylation sites is 1. The lowest BCUT2D eigenvalue weighted by Gasteiger charge is -2.36. The molecule has 0 atom stereocenters. The van der Waals surface area contributed by atoms with Crippen molar-refractivity contribution in [2.75, 3.05) is 0 Å². The fraction of sp³-hybridized carbons (Fsp3) is 0.292. The van der Waals surface area contributed by atoms with E-state index in [1.807, 2.05) is 48.9 Å². The van der Waals surface area contributed by atoms with Crippen LogP contribution < -0.4 is 9.30 Å². The fourth-order valence-electron chi connectivity index (χ4n) is 4.05. The van der Waals surface area contributed by atoms with Crippen molar-refractivity contribution < 1.29 is 13.4 Å². The molecule has 2 aromatic carbocycles. The third-order valence-corrected chi connectivity index (χ3v) is 5.52. The Balaban J connectivity index is 2.01. The van der Waals surface area contributed by atoms with Crippen molar-refractivity contribution in [2.45, 2.75) is 40.0 Å². The minimum Gasteiger partial charge on any atom is -0.457 e. The summed E-state index contributed by atoms with van der Waals surface area (Å²) >= 11 is 0. The van der Waals surface area contributed by atoms with Crippen molar-refractivity contribution in [1.82, 2.24) is 0 Å². The van der Waals surface area contributed by atoms with E-state index in [1.165, 1.54) is 0 Å². The molecule has 0 aliphatic carbocycles. The fourth-order valence-corrected chi connectivity index (χ4v) is 4.05. The van der Waals surface area contributed by atoms with Gasteiger partial charge in [-0.3, -0.25) is 0 Å². The zero-order chi connectivity index (χ0) is 21.1. The molecular formula is C24H26NO+. The molecule has 0 spiro atoms. The van der Waals surface area contributed by atoms with Crippen molar-refractivity contribution in [3.8, 4) is 22.8 Å². The molecule has 2 nitrogen and oxygen atoms in total. The summed E-state index contributed by atoms with van der Waals surface area (Å²) in [5, 5.41) is 0. The summed E-state index contributed by atoms with van der Waals surface area (Å²) in [6.45, 7) is 6.28. The van der Waals surface area contributed by atoms with Gasteiger partial charge >= 0.3 is 0 Å². The number of aromatic nitrogens is 1. The summed E-state index contributed by atoms with van der Waals surface area (Å²) in [5.41, 5.74) is 6.40. The van der Waals surface area contributed by atoms with Gasteiger partial charge in [0, 0.05) is 32.3 Å². The van der Waals surface area contributed by atoms with Crippen molar-refractivity contribution >= 4 is 0 Å². The van der Waals surface area contributed by atoms with E-state index in [1.54, 1.807) is 6.20 Å². The molecule has 0 unspecified atom stereocenters. The number of aryl methyl sites for hydroxylation is 4. The molecule has 1 aliphatic rings. The van der Waals surface area contributed by atoms with Gasteiger partial charge in [-0.15, -0.1) is 0 Å². The predicted molar refractivity (Wildman–Crippen MR) is 106 cm³/mol. The van der Waals surface area contributed by atoms with Crippen LogP contribution in [0.1, 0.15) is 45.8 Å². The second kappa shape index (κ2) is 5.70. The van der Waals surface area contributed by atoms with Gasteiger partial charge in [0.15, 0.2) is 6.20 Å². The normalized spacial score (nSPS) is 16.6. The van der Waals surface area contributed by atoms with Crippen molar-refractivity contribution in [3.63, 3.8) is 0 Å². The molecule has 26 heavy (non-hydrogen) atoms. The van der Waals surface area contributed by atoms with E-state index in [4.69, 9.17) is 8.85 Å². The molecule has 1 aliphatic heterocycles. The largest absolute Gasteiger partial charge is 0.457 e. The Morgan fingerprint density at radius 3 is 2.50 bits per heavy atom. The maximum atomic E-state index is 7.82. The Hall–Kier alpha value is -2.61. The number of pyridine rings is 1. The molecule has 4 rings (SSSR count). The smallest absolute Gasteiger partial charge is 0.213 e. The summed E-state index contributed by atoms with van der Waals surface area (Å²) in [6.07, 6.45) is 1.74. The Bertz CT molecular complexity index is 1130. The summed E-state index contributed by atoms with van der Waals surface area (Å²) in [6, 6.07) is 14.3. The number of benzene rings is 2. The summed E-state index contributed by atoms with van der Waals surface area (Å²) in [5.74, 6) is 1.74. The minimum atomic E-state index is -2.13.